The lowest BCUT2D eigenvalue weighted by Crippen LogP contribution is -2.15. The van der Waals surface area contributed by atoms with Gasteiger partial charge in [0.1, 0.15) is 11.5 Å². The predicted octanol–water partition coefficient (Wildman–Crippen LogP) is 3.72. The third-order valence-electron chi connectivity index (χ3n) is 3.22. The summed E-state index contributed by atoms with van der Waals surface area (Å²) in [6.45, 7) is 8.43. The lowest BCUT2D eigenvalue weighted by Gasteiger charge is -2.17. The van der Waals surface area contributed by atoms with Crippen molar-refractivity contribution in [1.29, 1.82) is 0 Å². The summed E-state index contributed by atoms with van der Waals surface area (Å²) in [7, 11) is 0. The Morgan fingerprint density at radius 2 is 1.87 bits per heavy atom. The van der Waals surface area contributed by atoms with E-state index in [2.05, 4.69) is 19.9 Å². The van der Waals surface area contributed by atoms with Crippen molar-refractivity contribution in [3.63, 3.8) is 0 Å². The van der Waals surface area contributed by atoms with Crippen LogP contribution < -0.4 is 5.73 Å². The zero-order valence-electron chi connectivity index (χ0n) is 10.3. The minimum absolute atomic E-state index is 0.132. The summed E-state index contributed by atoms with van der Waals surface area (Å²) in [5.74, 6) is 2.67. The van der Waals surface area contributed by atoms with Crippen LogP contribution in [-0.2, 0) is 0 Å². The first kappa shape index (κ1) is 12.3. The number of nitrogens with two attached hydrogens (primary N) is 1. The van der Waals surface area contributed by atoms with Crippen molar-refractivity contribution < 1.29 is 4.42 Å². The molecule has 1 rings (SSSR count). The highest BCUT2D eigenvalue weighted by Gasteiger charge is 2.16. The molecule has 1 atom stereocenters. The summed E-state index contributed by atoms with van der Waals surface area (Å²) in [6, 6.07) is 2.20. The van der Waals surface area contributed by atoms with Crippen molar-refractivity contribution in [3.8, 4) is 0 Å². The van der Waals surface area contributed by atoms with Crippen LogP contribution in [0.2, 0.25) is 0 Å². The Labute approximate surface area is 92.9 Å². The molecule has 0 aliphatic carbocycles. The first-order chi connectivity index (χ1) is 7.08. The molecule has 0 amide bonds. The van der Waals surface area contributed by atoms with Crippen molar-refractivity contribution in [2.45, 2.75) is 53.0 Å². The molecule has 2 N–H and O–H groups in total. The van der Waals surface area contributed by atoms with Gasteiger partial charge in [-0.3, -0.25) is 0 Å². The number of hydrogen-bond acceptors (Lipinski definition) is 2. The summed E-state index contributed by atoms with van der Waals surface area (Å²) >= 11 is 0. The van der Waals surface area contributed by atoms with Crippen molar-refractivity contribution in [1.82, 2.24) is 0 Å². The third-order valence-corrected chi connectivity index (χ3v) is 3.22. The first-order valence-corrected chi connectivity index (χ1v) is 5.90. The van der Waals surface area contributed by atoms with Crippen LogP contribution in [0.5, 0.6) is 0 Å². The Morgan fingerprint density at radius 1 is 1.27 bits per heavy atom. The molecule has 2 heteroatoms. The van der Waals surface area contributed by atoms with E-state index in [4.69, 9.17) is 10.2 Å². The highest BCUT2D eigenvalue weighted by molar-refractivity contribution is 5.23. The molecule has 0 aromatic carbocycles. The summed E-state index contributed by atoms with van der Waals surface area (Å²) in [6.07, 6.45) is 3.48. The molecule has 1 heterocycles. The molecular weight excluding hydrogens is 186 g/mol. The summed E-state index contributed by atoms with van der Waals surface area (Å²) in [4.78, 5) is 0. The van der Waals surface area contributed by atoms with Crippen LogP contribution in [0.15, 0.2) is 10.5 Å². The van der Waals surface area contributed by atoms with Crippen LogP contribution in [0.25, 0.3) is 0 Å². The van der Waals surface area contributed by atoms with Crippen molar-refractivity contribution in [2.24, 2.45) is 11.7 Å². The highest BCUT2D eigenvalue weighted by atomic mass is 16.3. The fraction of sp³-hybridized carbons (Fsp3) is 0.692. The standard InChI is InChI=1S/C13H23NO/c1-5-11(6-2)8-13(14)12-7-9(3)15-10(12)4/h7,11,13H,5-6,8,14H2,1-4H3. The molecule has 0 saturated heterocycles. The third kappa shape index (κ3) is 3.10. The number of furan rings is 1. The van der Waals surface area contributed by atoms with E-state index in [-0.39, 0.29) is 6.04 Å². The van der Waals surface area contributed by atoms with Gasteiger partial charge in [-0.1, -0.05) is 26.7 Å². The van der Waals surface area contributed by atoms with E-state index < -0.39 is 0 Å². The highest BCUT2D eigenvalue weighted by Crippen LogP contribution is 2.27. The Kier molecular flexibility index (Phi) is 4.40. The summed E-state index contributed by atoms with van der Waals surface area (Å²) in [5.41, 5.74) is 7.38. The molecule has 0 bridgehead atoms. The summed E-state index contributed by atoms with van der Waals surface area (Å²) < 4.78 is 5.50. The zero-order valence-corrected chi connectivity index (χ0v) is 10.3. The normalized spacial score (nSPS) is 13.5. The van der Waals surface area contributed by atoms with E-state index in [0.29, 0.717) is 0 Å². The number of hydrogen-bond donors (Lipinski definition) is 1. The maximum Gasteiger partial charge on any atom is 0.105 e. The molecule has 0 aliphatic heterocycles. The quantitative estimate of drug-likeness (QED) is 0.802. The topological polar surface area (TPSA) is 39.2 Å². The monoisotopic (exact) mass is 209 g/mol. The second-order valence-corrected chi connectivity index (χ2v) is 4.39. The van der Waals surface area contributed by atoms with Gasteiger partial charge in [-0.2, -0.15) is 0 Å². The first-order valence-electron chi connectivity index (χ1n) is 5.90. The molecular formula is C13H23NO. The van der Waals surface area contributed by atoms with E-state index in [1.807, 2.05) is 13.8 Å². The Hall–Kier alpha value is -0.760. The largest absolute Gasteiger partial charge is 0.466 e. The van der Waals surface area contributed by atoms with Crippen molar-refractivity contribution in [2.75, 3.05) is 0 Å². The van der Waals surface area contributed by atoms with Gasteiger partial charge in [0.15, 0.2) is 0 Å². The Bertz CT molecular complexity index is 299. The maximum atomic E-state index is 6.20. The average molecular weight is 209 g/mol. The molecule has 2 nitrogen and oxygen atoms in total. The molecule has 1 aromatic rings. The molecule has 1 unspecified atom stereocenters. The SMILES string of the molecule is CCC(CC)CC(N)c1cc(C)oc1C. The van der Waals surface area contributed by atoms with Crippen LogP contribution in [0.1, 0.15) is 56.2 Å². The van der Waals surface area contributed by atoms with Gasteiger partial charge in [0.25, 0.3) is 0 Å². The molecule has 15 heavy (non-hydrogen) atoms. The second-order valence-electron chi connectivity index (χ2n) is 4.39. The fourth-order valence-corrected chi connectivity index (χ4v) is 2.13. The lowest BCUT2D eigenvalue weighted by atomic mass is 9.92. The minimum Gasteiger partial charge on any atom is -0.466 e. The van der Waals surface area contributed by atoms with E-state index in [9.17, 15) is 0 Å². The van der Waals surface area contributed by atoms with E-state index in [0.717, 1.165) is 23.9 Å². The van der Waals surface area contributed by atoms with Crippen LogP contribution in [-0.4, -0.2) is 0 Å². The van der Waals surface area contributed by atoms with Crippen molar-refractivity contribution in [3.05, 3.63) is 23.2 Å². The molecule has 0 saturated carbocycles. The molecule has 1 aromatic heterocycles. The lowest BCUT2D eigenvalue weighted by molar-refractivity contribution is 0.410. The Morgan fingerprint density at radius 3 is 2.27 bits per heavy atom. The van der Waals surface area contributed by atoms with Crippen LogP contribution in [0.4, 0.5) is 0 Å². The molecule has 86 valence electrons. The average Bonchev–Trinajstić information content (AvgIpc) is 2.54. The number of aryl methyl sites for hydroxylation is 2. The van der Waals surface area contributed by atoms with Gasteiger partial charge >= 0.3 is 0 Å². The van der Waals surface area contributed by atoms with E-state index >= 15 is 0 Å². The zero-order chi connectivity index (χ0) is 11.4. The molecule has 0 spiro atoms. The molecule has 0 aliphatic rings. The fourth-order valence-electron chi connectivity index (χ4n) is 2.13. The molecule has 0 radical (unpaired) electrons. The molecule has 0 fully saturated rings. The van der Waals surface area contributed by atoms with E-state index in [1.165, 1.54) is 18.4 Å². The van der Waals surface area contributed by atoms with Gasteiger partial charge in [0.05, 0.1) is 0 Å². The minimum atomic E-state index is 0.132. The van der Waals surface area contributed by atoms with Crippen LogP contribution in [0, 0.1) is 19.8 Å². The van der Waals surface area contributed by atoms with Crippen LogP contribution >= 0.6 is 0 Å². The van der Waals surface area contributed by atoms with Gasteiger partial charge < -0.3 is 10.2 Å². The second kappa shape index (κ2) is 5.36. The maximum absolute atomic E-state index is 6.20. The summed E-state index contributed by atoms with van der Waals surface area (Å²) in [5, 5.41) is 0. The van der Waals surface area contributed by atoms with Gasteiger partial charge in [-0.25, -0.2) is 0 Å². The van der Waals surface area contributed by atoms with Gasteiger partial charge in [-0.05, 0) is 32.3 Å². The Balaban J connectivity index is 2.67. The van der Waals surface area contributed by atoms with Gasteiger partial charge in [-0.15, -0.1) is 0 Å². The van der Waals surface area contributed by atoms with Crippen LogP contribution in [0.3, 0.4) is 0 Å². The van der Waals surface area contributed by atoms with Crippen molar-refractivity contribution >= 4 is 0 Å². The predicted molar refractivity (Wildman–Crippen MR) is 63.8 cm³/mol. The van der Waals surface area contributed by atoms with Gasteiger partial charge in [0, 0.05) is 11.6 Å². The smallest absolute Gasteiger partial charge is 0.105 e. The number of rotatable bonds is 5. The van der Waals surface area contributed by atoms with Gasteiger partial charge in [0.2, 0.25) is 0 Å². The van der Waals surface area contributed by atoms with E-state index in [1.54, 1.807) is 0 Å².